The maximum atomic E-state index is 11.4. The number of rotatable bonds is 6. The third kappa shape index (κ3) is 3.49. The summed E-state index contributed by atoms with van der Waals surface area (Å²) in [6.07, 6.45) is -0.151. The maximum absolute atomic E-state index is 11.4. The number of carbonyl (C=O) groups is 1. The Balaban J connectivity index is 3.00. The molecular formula is C10H12N2O5. The Morgan fingerprint density at radius 2 is 2.18 bits per heavy atom. The van der Waals surface area contributed by atoms with Gasteiger partial charge in [0, 0.05) is 19.2 Å². The van der Waals surface area contributed by atoms with Gasteiger partial charge in [0.05, 0.1) is 18.5 Å². The van der Waals surface area contributed by atoms with Crippen molar-refractivity contribution in [1.29, 1.82) is 0 Å². The van der Waals surface area contributed by atoms with Crippen molar-refractivity contribution >= 4 is 11.5 Å². The van der Waals surface area contributed by atoms with E-state index in [1.54, 1.807) is 0 Å². The molecule has 0 spiro atoms. The molecule has 1 aromatic rings. The van der Waals surface area contributed by atoms with Crippen LogP contribution in [0.1, 0.15) is 5.69 Å². The molecular weight excluding hydrogens is 228 g/mol. The van der Waals surface area contributed by atoms with E-state index in [1.165, 1.54) is 26.4 Å². The molecule has 0 aliphatic rings. The van der Waals surface area contributed by atoms with Crippen molar-refractivity contribution < 1.29 is 19.2 Å². The molecule has 92 valence electrons. The van der Waals surface area contributed by atoms with Crippen molar-refractivity contribution in [3.63, 3.8) is 0 Å². The summed E-state index contributed by atoms with van der Waals surface area (Å²) in [5.41, 5.74) is -0.119. The van der Waals surface area contributed by atoms with E-state index in [0.717, 1.165) is 0 Å². The van der Waals surface area contributed by atoms with E-state index >= 15 is 0 Å². The van der Waals surface area contributed by atoms with Crippen LogP contribution >= 0.6 is 0 Å². The van der Waals surface area contributed by atoms with E-state index in [4.69, 9.17) is 4.74 Å². The van der Waals surface area contributed by atoms with Crippen LogP contribution in [0.15, 0.2) is 12.1 Å². The molecule has 1 rings (SSSR count). The van der Waals surface area contributed by atoms with Gasteiger partial charge in [0.15, 0.2) is 5.78 Å². The molecule has 0 radical (unpaired) electrons. The lowest BCUT2D eigenvalue weighted by molar-refractivity contribution is -0.385. The number of Topliss-reactive ketones (excluding diaryl/α,β-unsaturated/α-hetero) is 1. The van der Waals surface area contributed by atoms with Crippen molar-refractivity contribution in [2.75, 3.05) is 20.8 Å². The minimum atomic E-state index is -0.581. The molecule has 0 unspecified atom stereocenters. The highest BCUT2D eigenvalue weighted by Gasteiger charge is 2.18. The van der Waals surface area contributed by atoms with Crippen molar-refractivity contribution in [3.05, 3.63) is 27.9 Å². The zero-order valence-electron chi connectivity index (χ0n) is 9.50. The summed E-state index contributed by atoms with van der Waals surface area (Å²) in [5.74, 6) is -0.0489. The molecule has 7 heteroatoms. The number of ketones is 1. The van der Waals surface area contributed by atoms with Gasteiger partial charge in [-0.15, -0.1) is 0 Å². The largest absolute Gasteiger partial charge is 0.481 e. The monoisotopic (exact) mass is 240 g/mol. The summed E-state index contributed by atoms with van der Waals surface area (Å²) in [6, 6.07) is 2.64. The summed E-state index contributed by atoms with van der Waals surface area (Å²) in [5, 5.41) is 10.7. The molecule has 0 saturated carbocycles. The molecule has 0 aromatic carbocycles. The predicted octanol–water partition coefficient (Wildman–Crippen LogP) is 0.756. The van der Waals surface area contributed by atoms with Gasteiger partial charge in [0.25, 0.3) is 5.69 Å². The van der Waals surface area contributed by atoms with Crippen molar-refractivity contribution in [1.82, 2.24) is 4.98 Å². The van der Waals surface area contributed by atoms with Crippen molar-refractivity contribution in [2.45, 2.75) is 6.42 Å². The molecule has 0 atom stereocenters. The van der Waals surface area contributed by atoms with Crippen LogP contribution in [-0.4, -0.2) is 36.5 Å². The first-order chi connectivity index (χ1) is 8.08. The second kappa shape index (κ2) is 5.90. The third-order valence-corrected chi connectivity index (χ3v) is 2.00. The molecule has 7 nitrogen and oxygen atoms in total. The number of carbonyl (C=O) groups excluding carboxylic acids is 1. The quantitative estimate of drug-likeness (QED) is 0.538. The number of methoxy groups -OCH3 is 2. The van der Waals surface area contributed by atoms with Crippen LogP contribution in [0.3, 0.4) is 0 Å². The van der Waals surface area contributed by atoms with Crippen LogP contribution < -0.4 is 4.74 Å². The summed E-state index contributed by atoms with van der Waals surface area (Å²) in [7, 11) is 2.78. The zero-order valence-corrected chi connectivity index (χ0v) is 9.50. The van der Waals surface area contributed by atoms with Gasteiger partial charge in [-0.2, -0.15) is 0 Å². The molecule has 0 aliphatic carbocycles. The van der Waals surface area contributed by atoms with Crippen molar-refractivity contribution in [2.24, 2.45) is 0 Å². The molecule has 0 aliphatic heterocycles. The first-order valence-corrected chi connectivity index (χ1v) is 4.77. The lowest BCUT2D eigenvalue weighted by atomic mass is 10.2. The smallest absolute Gasteiger partial charge is 0.291 e. The van der Waals surface area contributed by atoms with Crippen LogP contribution in [0.2, 0.25) is 0 Å². The molecule has 0 saturated heterocycles. The maximum Gasteiger partial charge on any atom is 0.291 e. The first-order valence-electron chi connectivity index (χ1n) is 4.77. The van der Waals surface area contributed by atoms with Gasteiger partial charge in [-0.1, -0.05) is 0 Å². The Kier molecular flexibility index (Phi) is 4.53. The number of pyridine rings is 1. The second-order valence-electron chi connectivity index (χ2n) is 3.23. The minimum Gasteiger partial charge on any atom is -0.481 e. The average molecular weight is 240 g/mol. The molecule has 0 N–H and O–H groups in total. The standard InChI is InChI=1S/C10H12N2O5/c1-16-6-7(13)5-8-9(12(14)15)3-4-10(11-8)17-2/h3-4H,5-6H2,1-2H3. The number of hydrogen-bond acceptors (Lipinski definition) is 6. The Bertz CT molecular complexity index is 433. The zero-order chi connectivity index (χ0) is 12.8. The lowest BCUT2D eigenvalue weighted by Gasteiger charge is -2.04. The van der Waals surface area contributed by atoms with E-state index in [2.05, 4.69) is 9.72 Å². The fourth-order valence-corrected chi connectivity index (χ4v) is 1.28. The Labute approximate surface area is 97.5 Å². The first kappa shape index (κ1) is 13.0. The molecule has 1 heterocycles. The van der Waals surface area contributed by atoms with Crippen molar-refractivity contribution in [3.8, 4) is 5.88 Å². The predicted molar refractivity (Wildman–Crippen MR) is 58.0 cm³/mol. The topological polar surface area (TPSA) is 91.6 Å². The van der Waals surface area contributed by atoms with Crippen LogP contribution in [0.5, 0.6) is 5.88 Å². The number of hydrogen-bond donors (Lipinski definition) is 0. The number of nitro groups is 1. The fraction of sp³-hybridized carbons (Fsp3) is 0.400. The van der Waals surface area contributed by atoms with Crippen LogP contribution in [0.25, 0.3) is 0 Å². The summed E-state index contributed by atoms with van der Waals surface area (Å²) in [6.45, 7) is -0.101. The number of aromatic nitrogens is 1. The van der Waals surface area contributed by atoms with Gasteiger partial charge in [-0.05, 0) is 0 Å². The minimum absolute atomic E-state index is 0.0800. The van der Waals surface area contributed by atoms with E-state index in [9.17, 15) is 14.9 Å². The fourth-order valence-electron chi connectivity index (χ4n) is 1.28. The van der Waals surface area contributed by atoms with E-state index in [-0.39, 0.29) is 36.1 Å². The second-order valence-corrected chi connectivity index (χ2v) is 3.23. The van der Waals surface area contributed by atoms with Gasteiger partial charge in [-0.3, -0.25) is 14.9 Å². The molecule has 0 bridgehead atoms. The lowest BCUT2D eigenvalue weighted by Crippen LogP contribution is -2.12. The van der Waals surface area contributed by atoms with Gasteiger partial charge in [0.1, 0.15) is 12.3 Å². The average Bonchev–Trinajstić information content (AvgIpc) is 2.28. The van der Waals surface area contributed by atoms with E-state index in [0.29, 0.717) is 0 Å². The van der Waals surface area contributed by atoms with E-state index in [1.807, 2.05) is 0 Å². The van der Waals surface area contributed by atoms with Gasteiger partial charge in [0.2, 0.25) is 5.88 Å². The third-order valence-electron chi connectivity index (χ3n) is 2.00. The van der Waals surface area contributed by atoms with Crippen LogP contribution in [0.4, 0.5) is 5.69 Å². The highest BCUT2D eigenvalue weighted by molar-refractivity contribution is 5.82. The van der Waals surface area contributed by atoms with Gasteiger partial charge in [-0.25, -0.2) is 4.98 Å². The molecule has 1 aromatic heterocycles. The highest BCUT2D eigenvalue weighted by Crippen LogP contribution is 2.20. The summed E-state index contributed by atoms with van der Waals surface area (Å²) < 4.78 is 9.51. The van der Waals surface area contributed by atoms with E-state index < -0.39 is 4.92 Å². The SMILES string of the molecule is COCC(=O)Cc1nc(OC)ccc1[N+](=O)[O-]. The Morgan fingerprint density at radius 3 is 2.71 bits per heavy atom. The summed E-state index contributed by atoms with van der Waals surface area (Å²) >= 11 is 0. The Morgan fingerprint density at radius 1 is 1.47 bits per heavy atom. The van der Waals surface area contributed by atoms with Gasteiger partial charge >= 0.3 is 0 Å². The number of nitrogens with zero attached hydrogens (tertiary/aromatic N) is 2. The molecule has 0 amide bonds. The van der Waals surface area contributed by atoms with Crippen LogP contribution in [-0.2, 0) is 16.0 Å². The molecule has 17 heavy (non-hydrogen) atoms. The van der Waals surface area contributed by atoms with Gasteiger partial charge < -0.3 is 9.47 Å². The van der Waals surface area contributed by atoms with Crippen LogP contribution in [0, 0.1) is 10.1 Å². The summed E-state index contributed by atoms with van der Waals surface area (Å²) in [4.78, 5) is 25.4. The number of ether oxygens (including phenoxy) is 2. The normalized spacial score (nSPS) is 10.0. The Hall–Kier alpha value is -2.02. The molecule has 0 fully saturated rings. The highest BCUT2D eigenvalue weighted by atomic mass is 16.6.